The van der Waals surface area contributed by atoms with Crippen molar-refractivity contribution in [1.82, 2.24) is 30.5 Å². The first-order chi connectivity index (χ1) is 16.8. The molecule has 34 heavy (non-hydrogen) atoms. The second-order valence-corrected chi connectivity index (χ2v) is 8.79. The Labute approximate surface area is 196 Å². The summed E-state index contributed by atoms with van der Waals surface area (Å²) >= 11 is 0. The highest BCUT2D eigenvalue weighted by Crippen LogP contribution is 2.32. The number of rotatable bonds is 7. The molecule has 1 aliphatic rings. The molecule has 1 aliphatic heterocycles. The van der Waals surface area contributed by atoms with E-state index in [4.69, 9.17) is 9.15 Å². The molecule has 5 heterocycles. The van der Waals surface area contributed by atoms with Gasteiger partial charge in [-0.15, -0.1) is 0 Å². The standard InChI is InChI=1S/C26H26N6O2/c1(4-17-5-2-13-27-16-17)6-20-23-21(12-15-29-25(23)32-31-20)33-19-10-8-18(9-11-19)26-30-24-22(34-26)7-3-14-28-24/h3,7-12,14-15,17,27H,1-2,4-6,13,16H2,(H,29,31,32)/t17-/m1/s1. The van der Waals surface area contributed by atoms with Gasteiger partial charge in [-0.05, 0) is 93.6 Å². The molecule has 0 radical (unpaired) electrons. The topological polar surface area (TPSA) is 102 Å². The number of nitrogens with one attached hydrogen (secondary N) is 2. The van der Waals surface area contributed by atoms with E-state index in [9.17, 15) is 0 Å². The lowest BCUT2D eigenvalue weighted by molar-refractivity contribution is 0.350. The summed E-state index contributed by atoms with van der Waals surface area (Å²) in [6.07, 6.45) is 9.31. The number of aryl methyl sites for hydroxylation is 1. The molecule has 8 nitrogen and oxygen atoms in total. The van der Waals surface area contributed by atoms with Gasteiger partial charge in [-0.2, -0.15) is 10.1 Å². The normalized spacial score (nSPS) is 16.3. The van der Waals surface area contributed by atoms with Crippen LogP contribution >= 0.6 is 0 Å². The average Bonchev–Trinajstić information content (AvgIpc) is 3.50. The van der Waals surface area contributed by atoms with Crippen molar-refractivity contribution in [2.45, 2.75) is 32.1 Å². The molecule has 4 aromatic heterocycles. The number of H-pyrrole nitrogens is 1. The summed E-state index contributed by atoms with van der Waals surface area (Å²) in [5.41, 5.74) is 3.90. The zero-order valence-corrected chi connectivity index (χ0v) is 18.8. The zero-order chi connectivity index (χ0) is 22.7. The maximum Gasteiger partial charge on any atom is 0.228 e. The van der Waals surface area contributed by atoms with Crippen LogP contribution in [0.15, 0.2) is 59.3 Å². The van der Waals surface area contributed by atoms with E-state index in [1.54, 1.807) is 12.4 Å². The zero-order valence-electron chi connectivity index (χ0n) is 18.8. The quantitative estimate of drug-likeness (QED) is 0.345. The number of hydrogen-bond acceptors (Lipinski definition) is 7. The van der Waals surface area contributed by atoms with Crippen molar-refractivity contribution < 1.29 is 9.15 Å². The molecular weight excluding hydrogens is 428 g/mol. The third kappa shape index (κ3) is 4.24. The smallest absolute Gasteiger partial charge is 0.228 e. The Morgan fingerprint density at radius 2 is 1.94 bits per heavy atom. The molecule has 0 aliphatic carbocycles. The summed E-state index contributed by atoms with van der Waals surface area (Å²) in [6, 6.07) is 13.3. The van der Waals surface area contributed by atoms with Crippen LogP contribution in [0.3, 0.4) is 0 Å². The van der Waals surface area contributed by atoms with Gasteiger partial charge in [0.05, 0.1) is 5.39 Å². The minimum absolute atomic E-state index is 0.539. The monoisotopic (exact) mass is 454 g/mol. The lowest BCUT2D eigenvalue weighted by Gasteiger charge is -2.22. The first-order valence-corrected chi connectivity index (χ1v) is 11.9. The Kier molecular flexibility index (Phi) is 5.64. The van der Waals surface area contributed by atoms with Crippen LogP contribution in [0.2, 0.25) is 0 Å². The predicted molar refractivity (Wildman–Crippen MR) is 130 cm³/mol. The first kappa shape index (κ1) is 20.8. The van der Waals surface area contributed by atoms with Gasteiger partial charge in [-0.3, -0.25) is 5.10 Å². The van der Waals surface area contributed by atoms with E-state index < -0.39 is 0 Å². The molecule has 0 amide bonds. The molecular formula is C26H26N6O2. The van der Waals surface area contributed by atoms with E-state index in [-0.39, 0.29) is 0 Å². The molecule has 1 fully saturated rings. The second-order valence-electron chi connectivity index (χ2n) is 8.79. The van der Waals surface area contributed by atoms with Gasteiger partial charge in [0.2, 0.25) is 5.89 Å². The minimum Gasteiger partial charge on any atom is -0.456 e. The van der Waals surface area contributed by atoms with Crippen molar-refractivity contribution in [3.63, 3.8) is 0 Å². The maximum absolute atomic E-state index is 6.26. The molecule has 0 spiro atoms. The third-order valence-corrected chi connectivity index (χ3v) is 6.42. The number of nitrogens with zero attached hydrogens (tertiary/aromatic N) is 4. The Hall–Kier alpha value is -3.78. The van der Waals surface area contributed by atoms with E-state index in [0.717, 1.165) is 60.0 Å². The molecule has 8 heteroatoms. The summed E-state index contributed by atoms with van der Waals surface area (Å²) in [5, 5.41) is 12.1. The van der Waals surface area contributed by atoms with Crippen molar-refractivity contribution in [2.24, 2.45) is 5.92 Å². The van der Waals surface area contributed by atoms with Crippen LogP contribution in [0, 0.1) is 5.92 Å². The van der Waals surface area contributed by atoms with Crippen LogP contribution in [0.4, 0.5) is 0 Å². The molecule has 5 aromatic rings. The van der Waals surface area contributed by atoms with E-state index in [1.165, 1.54) is 19.3 Å². The van der Waals surface area contributed by atoms with E-state index in [0.29, 0.717) is 22.8 Å². The number of aromatic amines is 1. The number of fused-ring (bicyclic) bond motifs is 2. The predicted octanol–water partition coefficient (Wildman–Crippen LogP) is 5.28. The van der Waals surface area contributed by atoms with Crippen LogP contribution in [-0.4, -0.2) is 38.2 Å². The summed E-state index contributed by atoms with van der Waals surface area (Å²) in [4.78, 5) is 13.1. The first-order valence-electron chi connectivity index (χ1n) is 11.9. The average molecular weight is 455 g/mol. The number of piperidine rings is 1. The van der Waals surface area contributed by atoms with Crippen molar-refractivity contribution in [1.29, 1.82) is 0 Å². The van der Waals surface area contributed by atoms with Crippen LogP contribution in [0.1, 0.15) is 31.4 Å². The van der Waals surface area contributed by atoms with Gasteiger partial charge in [-0.1, -0.05) is 0 Å². The Bertz CT molecular complexity index is 1370. The van der Waals surface area contributed by atoms with Crippen LogP contribution in [0.25, 0.3) is 33.7 Å². The number of pyridine rings is 2. The largest absolute Gasteiger partial charge is 0.456 e. The highest BCUT2D eigenvalue weighted by atomic mass is 16.5. The summed E-state index contributed by atoms with van der Waals surface area (Å²) in [5.74, 6) is 2.79. The Balaban J connectivity index is 1.19. The SMILES string of the molecule is c1cnc2nc(-c3ccc(Oc4ccnc5n[nH]c(CCC[C@@H]6CCCNC6)c45)cc3)oc2c1. The molecule has 6 rings (SSSR count). The fourth-order valence-electron chi connectivity index (χ4n) is 4.67. The van der Waals surface area contributed by atoms with E-state index in [2.05, 4.69) is 30.5 Å². The number of aromatic nitrogens is 5. The van der Waals surface area contributed by atoms with Crippen molar-refractivity contribution >= 4 is 22.3 Å². The molecule has 1 atom stereocenters. The highest BCUT2D eigenvalue weighted by molar-refractivity contribution is 5.85. The van der Waals surface area contributed by atoms with Gasteiger partial charge < -0.3 is 14.5 Å². The summed E-state index contributed by atoms with van der Waals surface area (Å²) in [7, 11) is 0. The van der Waals surface area contributed by atoms with E-state index >= 15 is 0 Å². The fourth-order valence-corrected chi connectivity index (χ4v) is 4.67. The van der Waals surface area contributed by atoms with E-state index in [1.807, 2.05) is 42.5 Å². The Morgan fingerprint density at radius 1 is 1.03 bits per heavy atom. The highest BCUT2D eigenvalue weighted by Gasteiger charge is 2.16. The maximum atomic E-state index is 6.26. The minimum atomic E-state index is 0.539. The second kappa shape index (κ2) is 9.23. The van der Waals surface area contributed by atoms with Crippen LogP contribution in [0.5, 0.6) is 11.5 Å². The number of benzene rings is 1. The van der Waals surface area contributed by atoms with Gasteiger partial charge in [0, 0.05) is 23.7 Å². The molecule has 2 N–H and O–H groups in total. The van der Waals surface area contributed by atoms with Crippen molar-refractivity contribution in [3.8, 4) is 23.0 Å². The van der Waals surface area contributed by atoms with Gasteiger partial charge in [0.15, 0.2) is 16.9 Å². The van der Waals surface area contributed by atoms with Gasteiger partial charge in [-0.25, -0.2) is 9.97 Å². The van der Waals surface area contributed by atoms with Crippen molar-refractivity contribution in [3.05, 3.63) is 60.6 Å². The molecule has 1 aromatic carbocycles. The number of ether oxygens (including phenoxy) is 1. The van der Waals surface area contributed by atoms with Crippen LogP contribution < -0.4 is 10.1 Å². The summed E-state index contributed by atoms with van der Waals surface area (Å²) in [6.45, 7) is 2.29. The third-order valence-electron chi connectivity index (χ3n) is 6.42. The summed E-state index contributed by atoms with van der Waals surface area (Å²) < 4.78 is 12.1. The lowest BCUT2D eigenvalue weighted by atomic mass is 9.93. The number of hydrogen-bond donors (Lipinski definition) is 2. The number of oxazole rings is 1. The molecule has 0 saturated carbocycles. The lowest BCUT2D eigenvalue weighted by Crippen LogP contribution is -2.29. The molecule has 0 bridgehead atoms. The molecule has 172 valence electrons. The Morgan fingerprint density at radius 3 is 2.79 bits per heavy atom. The van der Waals surface area contributed by atoms with Gasteiger partial charge in [0.25, 0.3) is 0 Å². The van der Waals surface area contributed by atoms with Crippen LogP contribution in [-0.2, 0) is 6.42 Å². The van der Waals surface area contributed by atoms with Crippen molar-refractivity contribution in [2.75, 3.05) is 13.1 Å². The van der Waals surface area contributed by atoms with Gasteiger partial charge >= 0.3 is 0 Å². The fraction of sp³-hybridized carbons (Fsp3) is 0.308. The molecule has 0 unspecified atom stereocenters. The molecule has 1 saturated heterocycles. The van der Waals surface area contributed by atoms with Gasteiger partial charge in [0.1, 0.15) is 11.5 Å².